The van der Waals surface area contributed by atoms with Crippen LogP contribution in [0.2, 0.25) is 0 Å². The maximum atomic E-state index is 11.6. The summed E-state index contributed by atoms with van der Waals surface area (Å²) in [6, 6.07) is 15.7. The molecule has 3 rings (SSSR count). The molecular weight excluding hydrogens is 328 g/mol. The molecule has 2 aromatic carbocycles. The smallest absolute Gasteiger partial charge is 0.337 e. The van der Waals surface area contributed by atoms with Crippen molar-refractivity contribution >= 4 is 22.8 Å². The summed E-state index contributed by atoms with van der Waals surface area (Å²) in [4.78, 5) is 22.6. The number of carbonyl (C=O) groups excluding carboxylic acids is 2. The normalized spacial score (nSPS) is 10.7. The average molecular weight is 350 g/mol. The fourth-order valence-corrected chi connectivity index (χ4v) is 3.09. The Kier molecular flexibility index (Phi) is 5.37. The highest BCUT2D eigenvalue weighted by molar-refractivity contribution is 5.89. The maximum absolute atomic E-state index is 11.6. The first-order chi connectivity index (χ1) is 12.6. The van der Waals surface area contributed by atoms with Crippen molar-refractivity contribution in [3.8, 4) is 0 Å². The standard InChI is InChI=1S/C21H22N2O3/c1-15(24)22-12-11-18-14-23(20-6-4-3-5-19(18)20)13-16-7-9-17(10-8-16)21(25)26-2/h3-10,14H,11-13H2,1-2H3,(H,22,24). The molecule has 0 unspecified atom stereocenters. The molecular formula is C21H22N2O3. The summed E-state index contributed by atoms with van der Waals surface area (Å²) in [7, 11) is 1.38. The highest BCUT2D eigenvalue weighted by Gasteiger charge is 2.09. The number of nitrogens with one attached hydrogen (secondary N) is 1. The summed E-state index contributed by atoms with van der Waals surface area (Å²) >= 11 is 0. The summed E-state index contributed by atoms with van der Waals surface area (Å²) in [6.07, 6.45) is 2.93. The zero-order chi connectivity index (χ0) is 18.5. The number of amides is 1. The van der Waals surface area contributed by atoms with E-state index in [0.717, 1.165) is 17.5 Å². The van der Waals surface area contributed by atoms with Crippen LogP contribution < -0.4 is 5.32 Å². The van der Waals surface area contributed by atoms with Gasteiger partial charge in [0.15, 0.2) is 0 Å². The van der Waals surface area contributed by atoms with Crippen LogP contribution in [0, 0.1) is 0 Å². The molecule has 1 amide bonds. The number of nitrogens with zero attached hydrogens (tertiary/aromatic N) is 1. The van der Waals surface area contributed by atoms with Gasteiger partial charge >= 0.3 is 5.97 Å². The number of benzene rings is 2. The van der Waals surface area contributed by atoms with Gasteiger partial charge in [0.1, 0.15) is 0 Å². The second-order valence-corrected chi connectivity index (χ2v) is 6.22. The number of methoxy groups -OCH3 is 1. The molecule has 1 N–H and O–H groups in total. The van der Waals surface area contributed by atoms with E-state index in [4.69, 9.17) is 4.74 Å². The summed E-state index contributed by atoms with van der Waals surface area (Å²) in [5, 5.41) is 4.05. The maximum Gasteiger partial charge on any atom is 0.337 e. The number of rotatable bonds is 6. The molecule has 134 valence electrons. The molecule has 3 aromatic rings. The van der Waals surface area contributed by atoms with Crippen LogP contribution in [0.4, 0.5) is 0 Å². The molecule has 5 heteroatoms. The summed E-state index contributed by atoms with van der Waals surface area (Å²) in [6.45, 7) is 2.86. The largest absolute Gasteiger partial charge is 0.465 e. The van der Waals surface area contributed by atoms with E-state index in [2.05, 4.69) is 28.2 Å². The zero-order valence-electron chi connectivity index (χ0n) is 15.0. The molecule has 0 spiro atoms. The molecule has 0 bridgehead atoms. The molecule has 26 heavy (non-hydrogen) atoms. The Morgan fingerprint density at radius 1 is 1.08 bits per heavy atom. The first kappa shape index (κ1) is 17.7. The van der Waals surface area contributed by atoms with Crippen LogP contribution in [0.3, 0.4) is 0 Å². The lowest BCUT2D eigenvalue weighted by atomic mass is 10.1. The third kappa shape index (κ3) is 3.94. The van der Waals surface area contributed by atoms with Gasteiger partial charge in [-0.15, -0.1) is 0 Å². The van der Waals surface area contributed by atoms with Gasteiger partial charge in [-0.3, -0.25) is 4.79 Å². The fraction of sp³-hybridized carbons (Fsp3) is 0.238. The van der Waals surface area contributed by atoms with Gasteiger partial charge in [0.25, 0.3) is 0 Å². The molecule has 0 atom stereocenters. The number of hydrogen-bond donors (Lipinski definition) is 1. The molecule has 0 aliphatic rings. The van der Waals surface area contributed by atoms with Crippen LogP contribution in [-0.4, -0.2) is 30.1 Å². The number of para-hydroxylation sites is 1. The fourth-order valence-electron chi connectivity index (χ4n) is 3.09. The Hall–Kier alpha value is -3.08. The van der Waals surface area contributed by atoms with Crippen molar-refractivity contribution < 1.29 is 14.3 Å². The van der Waals surface area contributed by atoms with Crippen molar-refractivity contribution in [1.82, 2.24) is 9.88 Å². The van der Waals surface area contributed by atoms with Gasteiger partial charge in [0.2, 0.25) is 5.91 Å². The molecule has 1 aromatic heterocycles. The van der Waals surface area contributed by atoms with Crippen molar-refractivity contribution in [1.29, 1.82) is 0 Å². The lowest BCUT2D eigenvalue weighted by molar-refractivity contribution is -0.118. The van der Waals surface area contributed by atoms with E-state index >= 15 is 0 Å². The SMILES string of the molecule is COC(=O)c1ccc(Cn2cc(CCNC(C)=O)c3ccccc32)cc1. The molecule has 0 fully saturated rings. The topological polar surface area (TPSA) is 60.3 Å². The number of fused-ring (bicyclic) bond motifs is 1. The van der Waals surface area contributed by atoms with Gasteiger partial charge in [-0.1, -0.05) is 30.3 Å². The lowest BCUT2D eigenvalue weighted by Gasteiger charge is -2.06. The Balaban J connectivity index is 1.83. The van der Waals surface area contributed by atoms with Gasteiger partial charge in [-0.05, 0) is 35.7 Å². The monoisotopic (exact) mass is 350 g/mol. The first-order valence-corrected chi connectivity index (χ1v) is 8.57. The second-order valence-electron chi connectivity index (χ2n) is 6.22. The van der Waals surface area contributed by atoms with E-state index in [1.807, 2.05) is 24.3 Å². The predicted molar refractivity (Wildman–Crippen MR) is 101 cm³/mol. The molecule has 5 nitrogen and oxygen atoms in total. The molecule has 0 saturated carbocycles. The lowest BCUT2D eigenvalue weighted by Crippen LogP contribution is -2.22. The minimum atomic E-state index is -0.330. The van der Waals surface area contributed by atoms with E-state index < -0.39 is 0 Å². The van der Waals surface area contributed by atoms with Crippen molar-refractivity contribution in [2.75, 3.05) is 13.7 Å². The van der Waals surface area contributed by atoms with Crippen LogP contribution in [-0.2, 0) is 22.5 Å². The highest BCUT2D eigenvalue weighted by Crippen LogP contribution is 2.23. The van der Waals surface area contributed by atoms with Gasteiger partial charge in [0.05, 0.1) is 12.7 Å². The minimum absolute atomic E-state index is 0.0144. The van der Waals surface area contributed by atoms with Crippen LogP contribution in [0.1, 0.15) is 28.4 Å². The number of ether oxygens (including phenoxy) is 1. The van der Waals surface area contributed by atoms with Crippen molar-refractivity contribution in [3.63, 3.8) is 0 Å². The van der Waals surface area contributed by atoms with Crippen molar-refractivity contribution in [2.24, 2.45) is 0 Å². The zero-order valence-corrected chi connectivity index (χ0v) is 15.0. The Labute approximate surface area is 152 Å². The molecule has 0 aliphatic carbocycles. The van der Waals surface area contributed by atoms with Gasteiger partial charge in [0, 0.05) is 37.1 Å². The first-order valence-electron chi connectivity index (χ1n) is 8.57. The Bertz CT molecular complexity index is 926. The minimum Gasteiger partial charge on any atom is -0.465 e. The quantitative estimate of drug-likeness (QED) is 0.695. The number of carbonyl (C=O) groups is 2. The van der Waals surface area contributed by atoms with Gasteiger partial charge in [-0.2, -0.15) is 0 Å². The summed E-state index contributed by atoms with van der Waals surface area (Å²) in [5.74, 6) is -0.345. The average Bonchev–Trinajstić information content (AvgIpc) is 2.99. The number of aromatic nitrogens is 1. The van der Waals surface area contributed by atoms with E-state index in [9.17, 15) is 9.59 Å². The van der Waals surface area contributed by atoms with Gasteiger partial charge < -0.3 is 14.6 Å². The van der Waals surface area contributed by atoms with E-state index in [0.29, 0.717) is 18.7 Å². The molecule has 1 heterocycles. The van der Waals surface area contributed by atoms with Crippen LogP contribution in [0.25, 0.3) is 10.9 Å². The Morgan fingerprint density at radius 3 is 2.50 bits per heavy atom. The third-order valence-corrected chi connectivity index (χ3v) is 4.37. The molecule has 0 radical (unpaired) electrons. The van der Waals surface area contributed by atoms with Crippen LogP contribution in [0.15, 0.2) is 54.7 Å². The van der Waals surface area contributed by atoms with Crippen LogP contribution >= 0.6 is 0 Å². The summed E-state index contributed by atoms with van der Waals surface area (Å²) < 4.78 is 6.94. The number of hydrogen-bond acceptors (Lipinski definition) is 3. The Morgan fingerprint density at radius 2 is 1.81 bits per heavy atom. The summed E-state index contributed by atoms with van der Waals surface area (Å²) in [5.41, 5.74) is 4.01. The van der Waals surface area contributed by atoms with Crippen molar-refractivity contribution in [3.05, 3.63) is 71.4 Å². The predicted octanol–water partition coefficient (Wildman–Crippen LogP) is 3.15. The van der Waals surface area contributed by atoms with E-state index in [-0.39, 0.29) is 11.9 Å². The van der Waals surface area contributed by atoms with Crippen molar-refractivity contribution in [2.45, 2.75) is 19.9 Å². The molecule has 0 saturated heterocycles. The van der Waals surface area contributed by atoms with Crippen LogP contribution in [0.5, 0.6) is 0 Å². The van der Waals surface area contributed by atoms with Gasteiger partial charge in [-0.25, -0.2) is 4.79 Å². The second kappa shape index (κ2) is 7.87. The number of esters is 1. The third-order valence-electron chi connectivity index (χ3n) is 4.37. The highest BCUT2D eigenvalue weighted by atomic mass is 16.5. The van der Waals surface area contributed by atoms with E-state index in [1.54, 1.807) is 12.1 Å². The van der Waals surface area contributed by atoms with E-state index in [1.165, 1.54) is 25.0 Å². The molecule has 0 aliphatic heterocycles.